The summed E-state index contributed by atoms with van der Waals surface area (Å²) in [6.07, 6.45) is 22.0. The minimum absolute atomic E-state index is 0.00652. The topological polar surface area (TPSA) is 109 Å². The highest BCUT2D eigenvalue weighted by atomic mass is 31.2. The second-order valence-corrected chi connectivity index (χ2v) is 13.8. The number of rotatable bonds is 25. The van der Waals surface area contributed by atoms with Gasteiger partial charge in [-0.3, -0.25) is 14.3 Å². The van der Waals surface area contributed by atoms with Crippen molar-refractivity contribution in [3.8, 4) is 0 Å². The molecule has 0 fully saturated rings. The Hall–Kier alpha value is -2.16. The van der Waals surface area contributed by atoms with Gasteiger partial charge in [0.2, 0.25) is 5.82 Å². The third kappa shape index (κ3) is 20.4. The van der Waals surface area contributed by atoms with Crippen LogP contribution < -0.4 is 11.2 Å². The van der Waals surface area contributed by atoms with Crippen LogP contribution in [0.3, 0.4) is 0 Å². The third-order valence-electron chi connectivity index (χ3n) is 6.77. The standard InChI is InChI=1S/C32H56FN2O7P/c1-5-6-7-8-9-10-11-12-13-14-15-16-17-19-23-39-24-21-25-40-43(4,42-32(38)41-28(2)3)26-20-18-22-35-27-29(33)30(36)34-31(35)37/h18,20,26-28H,5-17,19,21-25H2,1-4H3,(H,34,36,37)/b20-18+. The summed E-state index contributed by atoms with van der Waals surface area (Å²) in [7, 11) is -2.79. The van der Waals surface area contributed by atoms with Gasteiger partial charge in [-0.2, -0.15) is 4.39 Å². The Kier molecular flexibility index (Phi) is 21.9. The van der Waals surface area contributed by atoms with Gasteiger partial charge in [0.25, 0.3) is 5.56 Å². The van der Waals surface area contributed by atoms with Gasteiger partial charge in [0.05, 0.1) is 18.9 Å². The fraction of sp³-hybridized carbons (Fsp3) is 0.750. The number of carbonyl (C=O) groups is 1. The molecule has 0 aliphatic carbocycles. The Morgan fingerprint density at radius 1 is 0.907 bits per heavy atom. The molecule has 1 N–H and O–H groups in total. The van der Waals surface area contributed by atoms with Gasteiger partial charge in [0.15, 0.2) is 7.34 Å². The molecule has 1 aromatic rings. The van der Waals surface area contributed by atoms with Crippen molar-refractivity contribution in [3.05, 3.63) is 45.0 Å². The van der Waals surface area contributed by atoms with Crippen molar-refractivity contribution >= 4 is 19.3 Å². The average molecular weight is 631 g/mol. The molecule has 0 aliphatic heterocycles. The van der Waals surface area contributed by atoms with Crippen LogP contribution in [0.4, 0.5) is 9.18 Å². The van der Waals surface area contributed by atoms with Crippen LogP contribution in [0.5, 0.6) is 0 Å². The van der Waals surface area contributed by atoms with Gasteiger partial charge < -0.3 is 18.5 Å². The minimum atomic E-state index is -2.79. The number of nitrogens with one attached hydrogen (secondary N) is 1. The number of H-pyrrole nitrogens is 1. The summed E-state index contributed by atoms with van der Waals surface area (Å²) in [5, 5.41) is 0. The summed E-state index contributed by atoms with van der Waals surface area (Å²) in [6.45, 7) is 8.99. The van der Waals surface area contributed by atoms with Crippen LogP contribution in [0.2, 0.25) is 0 Å². The summed E-state index contributed by atoms with van der Waals surface area (Å²) in [5.41, 5.74) is -1.79. The van der Waals surface area contributed by atoms with E-state index in [2.05, 4.69) is 6.92 Å². The molecule has 248 valence electrons. The first-order valence-corrected chi connectivity index (χ1v) is 18.3. The van der Waals surface area contributed by atoms with Gasteiger partial charge >= 0.3 is 11.8 Å². The van der Waals surface area contributed by atoms with E-state index < -0.39 is 30.6 Å². The molecular weight excluding hydrogens is 574 g/mol. The maximum atomic E-state index is 13.5. The summed E-state index contributed by atoms with van der Waals surface area (Å²) in [6, 6.07) is 0. The summed E-state index contributed by atoms with van der Waals surface area (Å²) in [5.74, 6) is 0.556. The molecule has 0 aliphatic rings. The lowest BCUT2D eigenvalue weighted by atomic mass is 10.0. The average Bonchev–Trinajstić information content (AvgIpc) is 2.94. The predicted octanol–water partition coefficient (Wildman–Crippen LogP) is 7.98. The Morgan fingerprint density at radius 3 is 2.05 bits per heavy atom. The highest BCUT2D eigenvalue weighted by Crippen LogP contribution is 2.46. The second kappa shape index (κ2) is 24.2. The lowest BCUT2D eigenvalue weighted by molar-refractivity contribution is 0.0701. The molecule has 0 amide bonds. The van der Waals surface area contributed by atoms with Crippen molar-refractivity contribution in [1.82, 2.24) is 9.55 Å². The molecule has 0 spiro atoms. The lowest BCUT2D eigenvalue weighted by Gasteiger charge is -2.21. The van der Waals surface area contributed by atoms with Crippen molar-refractivity contribution in [2.75, 3.05) is 26.5 Å². The van der Waals surface area contributed by atoms with Gasteiger partial charge in [-0.15, -0.1) is 0 Å². The van der Waals surface area contributed by atoms with Gasteiger partial charge in [0.1, 0.15) is 0 Å². The number of carbonyl (C=O) groups excluding carboxylic acids is 1. The largest absolute Gasteiger partial charge is 0.513 e. The molecule has 1 rings (SSSR count). The minimum Gasteiger partial charge on any atom is -0.431 e. The molecule has 11 heteroatoms. The summed E-state index contributed by atoms with van der Waals surface area (Å²) in [4.78, 5) is 37.1. The summed E-state index contributed by atoms with van der Waals surface area (Å²) < 4.78 is 36.8. The van der Waals surface area contributed by atoms with Gasteiger partial charge in [-0.05, 0) is 32.5 Å². The first kappa shape index (κ1) is 38.9. The molecule has 1 unspecified atom stereocenters. The zero-order valence-corrected chi connectivity index (χ0v) is 27.8. The van der Waals surface area contributed by atoms with E-state index in [1.807, 2.05) is 4.98 Å². The maximum Gasteiger partial charge on any atom is 0.513 e. The van der Waals surface area contributed by atoms with E-state index in [0.717, 1.165) is 23.8 Å². The molecule has 43 heavy (non-hydrogen) atoms. The van der Waals surface area contributed by atoms with Crippen LogP contribution in [0, 0.1) is 5.82 Å². The number of unbranched alkanes of at least 4 members (excludes halogenated alkanes) is 13. The van der Waals surface area contributed by atoms with Crippen LogP contribution in [0.15, 0.2) is 27.9 Å². The maximum absolute atomic E-state index is 13.5. The van der Waals surface area contributed by atoms with Crippen molar-refractivity contribution in [3.63, 3.8) is 0 Å². The van der Waals surface area contributed by atoms with Gasteiger partial charge in [-0.25, -0.2) is 9.59 Å². The Morgan fingerprint density at radius 2 is 1.47 bits per heavy atom. The number of aromatic nitrogens is 2. The molecule has 9 nitrogen and oxygen atoms in total. The number of hydrogen-bond acceptors (Lipinski definition) is 7. The van der Waals surface area contributed by atoms with Crippen LogP contribution in [0.25, 0.3) is 0 Å². The lowest BCUT2D eigenvalue weighted by Crippen LogP contribution is -2.31. The van der Waals surface area contributed by atoms with E-state index in [-0.39, 0.29) is 12.6 Å². The quantitative estimate of drug-likeness (QED) is 0.0663. The van der Waals surface area contributed by atoms with E-state index in [9.17, 15) is 18.8 Å². The van der Waals surface area contributed by atoms with E-state index in [1.165, 1.54) is 83.5 Å². The first-order chi connectivity index (χ1) is 20.7. The van der Waals surface area contributed by atoms with Gasteiger partial charge in [0, 0.05) is 26.4 Å². The van der Waals surface area contributed by atoms with Crippen LogP contribution in [-0.4, -0.2) is 54.1 Å². The predicted molar refractivity (Wildman–Crippen MR) is 174 cm³/mol. The van der Waals surface area contributed by atoms with Crippen LogP contribution >= 0.6 is 7.34 Å². The molecule has 0 saturated heterocycles. The number of allylic oxidation sites excluding steroid dienone is 2. The van der Waals surface area contributed by atoms with E-state index in [0.29, 0.717) is 19.6 Å². The first-order valence-electron chi connectivity index (χ1n) is 16.2. The third-order valence-corrected chi connectivity index (χ3v) is 8.69. The molecule has 0 aromatic carbocycles. The van der Waals surface area contributed by atoms with E-state index in [4.69, 9.17) is 18.5 Å². The SMILES string of the molecule is CCCCCCCCCCCCCCCCOCCCOP(C)(=C/C=C/Cn1cc(F)c(=O)[nH]c1=O)OC(=O)OC(C)C. The normalized spacial score (nSPS) is 13.0. The van der Waals surface area contributed by atoms with Gasteiger partial charge in [-0.1, -0.05) is 103 Å². The van der Waals surface area contributed by atoms with Crippen molar-refractivity contribution in [1.29, 1.82) is 0 Å². The number of aromatic amines is 1. The molecule has 0 bridgehead atoms. The Balaban J connectivity index is 2.27. The molecule has 1 atom stereocenters. The van der Waals surface area contributed by atoms with Crippen molar-refractivity contribution in [2.24, 2.45) is 0 Å². The highest BCUT2D eigenvalue weighted by molar-refractivity contribution is 7.65. The smallest absolute Gasteiger partial charge is 0.431 e. The Bertz CT molecular complexity index is 1080. The molecule has 1 aromatic heterocycles. The monoisotopic (exact) mass is 630 g/mol. The summed E-state index contributed by atoms with van der Waals surface area (Å²) >= 11 is 0. The zero-order valence-electron chi connectivity index (χ0n) is 27.0. The number of hydrogen-bond donors (Lipinski definition) is 1. The molecule has 0 saturated carbocycles. The molecule has 0 radical (unpaired) electrons. The van der Waals surface area contributed by atoms with E-state index in [1.54, 1.807) is 38.5 Å². The van der Waals surface area contributed by atoms with Crippen LogP contribution in [0.1, 0.15) is 117 Å². The van der Waals surface area contributed by atoms with Crippen LogP contribution in [-0.2, 0) is 25.1 Å². The zero-order chi connectivity index (χ0) is 31.8. The molecular formula is C32H56FN2O7P. The molecule has 1 heterocycles. The number of nitrogens with zero attached hydrogens (tertiary/aromatic N) is 1. The second-order valence-electron chi connectivity index (χ2n) is 11.3. The number of halogens is 1. The number of ether oxygens (including phenoxy) is 2. The Labute approximate surface area is 257 Å². The fourth-order valence-corrected chi connectivity index (χ4v) is 5.84. The fourth-order valence-electron chi connectivity index (χ4n) is 4.38. The van der Waals surface area contributed by atoms with Crippen molar-refractivity contribution < 1.29 is 27.7 Å². The highest BCUT2D eigenvalue weighted by Gasteiger charge is 2.19. The van der Waals surface area contributed by atoms with Crippen molar-refractivity contribution in [2.45, 2.75) is 130 Å². The van der Waals surface area contributed by atoms with E-state index >= 15 is 0 Å².